The highest BCUT2D eigenvalue weighted by Crippen LogP contribution is 2.34. The quantitative estimate of drug-likeness (QED) is 0.453. The van der Waals surface area contributed by atoms with Crippen molar-refractivity contribution >= 4 is 49.7 Å². The van der Waals surface area contributed by atoms with Crippen LogP contribution < -0.4 is 25.6 Å². The van der Waals surface area contributed by atoms with Crippen molar-refractivity contribution in [2.45, 2.75) is 13.8 Å². The van der Waals surface area contributed by atoms with Gasteiger partial charge in [-0.1, -0.05) is 23.5 Å². The van der Waals surface area contributed by atoms with Gasteiger partial charge in [-0.3, -0.25) is 0 Å². The van der Waals surface area contributed by atoms with Crippen LogP contribution in [0, 0.1) is 13.8 Å². The Morgan fingerprint density at radius 1 is 1.03 bits per heavy atom. The third-order valence-electron chi connectivity index (χ3n) is 6.18. The monoisotopic (exact) mass is 461 g/mol. The van der Waals surface area contributed by atoms with E-state index >= 15 is 0 Å². The van der Waals surface area contributed by atoms with Crippen molar-refractivity contribution in [2.24, 2.45) is 0 Å². The molecule has 1 aliphatic rings. The maximum absolute atomic E-state index is 6.51. The molecule has 2 aromatic heterocycles. The Bertz CT molecular complexity index is 1300. The van der Waals surface area contributed by atoms with Crippen LogP contribution >= 0.6 is 11.3 Å². The minimum absolute atomic E-state index is 0.537. The van der Waals surface area contributed by atoms with Crippen LogP contribution in [0.25, 0.3) is 10.2 Å². The fourth-order valence-electron chi connectivity index (χ4n) is 4.16. The highest BCUT2D eigenvalue weighted by molar-refractivity contribution is 7.22. The molecular formula is C24H27N7OS. The molecule has 33 heavy (non-hydrogen) atoms. The molecule has 5 rings (SSSR count). The van der Waals surface area contributed by atoms with Crippen LogP contribution in [0.1, 0.15) is 11.1 Å². The van der Waals surface area contributed by atoms with Crippen molar-refractivity contribution in [1.29, 1.82) is 0 Å². The Labute approximate surface area is 197 Å². The zero-order valence-electron chi connectivity index (χ0n) is 19.0. The van der Waals surface area contributed by atoms with E-state index in [0.717, 1.165) is 53.1 Å². The lowest BCUT2D eigenvalue weighted by Crippen LogP contribution is -2.47. The van der Waals surface area contributed by atoms with Crippen molar-refractivity contribution in [3.05, 3.63) is 53.9 Å². The number of piperazine rings is 1. The molecule has 1 aliphatic heterocycles. The molecular weight excluding hydrogens is 434 g/mol. The van der Waals surface area contributed by atoms with E-state index in [4.69, 9.17) is 10.5 Å². The van der Waals surface area contributed by atoms with Gasteiger partial charge in [-0.25, -0.2) is 15.0 Å². The molecule has 0 saturated carbocycles. The highest BCUT2D eigenvalue weighted by atomic mass is 32.1. The summed E-state index contributed by atoms with van der Waals surface area (Å²) in [5, 5.41) is 4.01. The van der Waals surface area contributed by atoms with Gasteiger partial charge in [-0.15, -0.1) is 0 Å². The topological polar surface area (TPSA) is 92.4 Å². The predicted octanol–water partition coefficient (Wildman–Crippen LogP) is 4.36. The molecule has 0 radical (unpaired) electrons. The van der Waals surface area contributed by atoms with E-state index < -0.39 is 0 Å². The molecule has 4 aromatic rings. The van der Waals surface area contributed by atoms with Gasteiger partial charge >= 0.3 is 0 Å². The van der Waals surface area contributed by atoms with E-state index in [0.29, 0.717) is 11.5 Å². The predicted molar refractivity (Wildman–Crippen MR) is 136 cm³/mol. The number of thiazole rings is 1. The number of ether oxygens (including phenoxy) is 1. The number of aromatic nitrogens is 3. The zero-order chi connectivity index (χ0) is 22.9. The summed E-state index contributed by atoms with van der Waals surface area (Å²) in [5.74, 6) is 2.14. The highest BCUT2D eigenvalue weighted by Gasteiger charge is 2.23. The first-order valence-corrected chi connectivity index (χ1v) is 11.7. The number of methoxy groups -OCH3 is 1. The van der Waals surface area contributed by atoms with E-state index in [1.54, 1.807) is 13.4 Å². The van der Waals surface area contributed by atoms with Gasteiger partial charge in [0.1, 0.15) is 17.8 Å². The Kier molecular flexibility index (Phi) is 5.63. The summed E-state index contributed by atoms with van der Waals surface area (Å²) in [4.78, 5) is 18.2. The second-order valence-electron chi connectivity index (χ2n) is 8.13. The minimum atomic E-state index is 0.537. The Morgan fingerprint density at radius 2 is 1.82 bits per heavy atom. The maximum atomic E-state index is 6.51. The molecule has 0 aliphatic carbocycles. The van der Waals surface area contributed by atoms with E-state index in [2.05, 4.69) is 62.1 Å². The summed E-state index contributed by atoms with van der Waals surface area (Å²) in [5.41, 5.74) is 11.9. The summed E-state index contributed by atoms with van der Waals surface area (Å²) < 4.78 is 6.34. The van der Waals surface area contributed by atoms with Gasteiger partial charge < -0.3 is 25.6 Å². The molecule has 0 amide bonds. The summed E-state index contributed by atoms with van der Waals surface area (Å²) in [6.07, 6.45) is 1.56. The van der Waals surface area contributed by atoms with Crippen LogP contribution in [0.5, 0.6) is 5.75 Å². The number of fused-ring (bicyclic) bond motifs is 1. The van der Waals surface area contributed by atoms with E-state index in [9.17, 15) is 0 Å². The number of nitrogens with two attached hydrogens (primary N) is 1. The average Bonchev–Trinajstić information content (AvgIpc) is 3.24. The molecule has 9 heteroatoms. The fourth-order valence-corrected chi connectivity index (χ4v) is 5.06. The average molecular weight is 462 g/mol. The fraction of sp³-hybridized carbons (Fsp3) is 0.292. The summed E-state index contributed by atoms with van der Waals surface area (Å²) in [6.45, 7) is 7.86. The summed E-state index contributed by atoms with van der Waals surface area (Å²) in [7, 11) is 1.66. The first kappa shape index (κ1) is 21.3. The summed E-state index contributed by atoms with van der Waals surface area (Å²) >= 11 is 1.53. The Hall–Kier alpha value is -3.59. The Balaban J connectivity index is 1.32. The second-order valence-corrected chi connectivity index (χ2v) is 9.16. The van der Waals surface area contributed by atoms with Gasteiger partial charge in [0.15, 0.2) is 16.8 Å². The lowest BCUT2D eigenvalue weighted by molar-refractivity contribution is 0.415. The van der Waals surface area contributed by atoms with E-state index in [-0.39, 0.29) is 0 Å². The molecule has 0 spiro atoms. The van der Waals surface area contributed by atoms with Crippen molar-refractivity contribution < 1.29 is 4.74 Å². The maximum Gasteiger partial charge on any atom is 0.189 e. The Morgan fingerprint density at radius 3 is 2.61 bits per heavy atom. The molecule has 0 atom stereocenters. The van der Waals surface area contributed by atoms with Gasteiger partial charge in [0.25, 0.3) is 0 Å². The molecule has 0 bridgehead atoms. The van der Waals surface area contributed by atoms with Crippen LogP contribution in [-0.4, -0.2) is 48.2 Å². The molecule has 3 N–H and O–H groups in total. The van der Waals surface area contributed by atoms with Crippen LogP contribution in [0.4, 0.5) is 28.1 Å². The molecule has 3 heterocycles. The largest absolute Gasteiger partial charge is 0.497 e. The number of hydrogen-bond acceptors (Lipinski definition) is 9. The van der Waals surface area contributed by atoms with Crippen molar-refractivity contribution in [2.75, 3.05) is 54.1 Å². The first-order chi connectivity index (χ1) is 16.0. The third kappa shape index (κ3) is 4.11. The number of anilines is 5. The zero-order valence-corrected chi connectivity index (χ0v) is 19.8. The number of hydrogen-bond donors (Lipinski definition) is 2. The van der Waals surface area contributed by atoms with Crippen molar-refractivity contribution in [1.82, 2.24) is 15.0 Å². The van der Waals surface area contributed by atoms with Gasteiger partial charge in [-0.2, -0.15) is 0 Å². The van der Waals surface area contributed by atoms with Gasteiger partial charge in [0.05, 0.1) is 17.3 Å². The second kappa shape index (κ2) is 8.74. The lowest BCUT2D eigenvalue weighted by atomic mass is 10.1. The first-order valence-electron chi connectivity index (χ1n) is 10.9. The van der Waals surface area contributed by atoms with E-state index in [1.165, 1.54) is 28.2 Å². The molecule has 1 saturated heterocycles. The molecule has 170 valence electrons. The number of nitrogen functional groups attached to an aromatic ring is 1. The standard InChI is InChI=1S/C24H27N7OS/c1-15-5-4-6-19(16(15)2)30-9-11-31(12-10-30)23-21(25)22(26-14-27-23)29-24-28-18-8-7-17(32-3)13-20(18)33-24/h4-8,13-14H,9-12,25H2,1-3H3,(H,26,27,28,29). The van der Waals surface area contributed by atoms with E-state index in [1.807, 2.05) is 18.2 Å². The lowest BCUT2D eigenvalue weighted by Gasteiger charge is -2.38. The molecule has 2 aromatic carbocycles. The summed E-state index contributed by atoms with van der Waals surface area (Å²) in [6, 6.07) is 12.3. The smallest absolute Gasteiger partial charge is 0.189 e. The van der Waals surface area contributed by atoms with Crippen LogP contribution in [0.15, 0.2) is 42.7 Å². The van der Waals surface area contributed by atoms with Crippen LogP contribution in [0.3, 0.4) is 0 Å². The van der Waals surface area contributed by atoms with Crippen LogP contribution in [0.2, 0.25) is 0 Å². The number of rotatable bonds is 5. The minimum Gasteiger partial charge on any atom is -0.497 e. The third-order valence-corrected chi connectivity index (χ3v) is 7.11. The number of aryl methyl sites for hydroxylation is 1. The van der Waals surface area contributed by atoms with Gasteiger partial charge in [-0.05, 0) is 49.2 Å². The SMILES string of the molecule is COc1ccc2nc(Nc3ncnc(N4CCN(c5cccc(C)c5C)CC4)c3N)sc2c1. The molecule has 8 nitrogen and oxygen atoms in total. The van der Waals surface area contributed by atoms with Crippen molar-refractivity contribution in [3.63, 3.8) is 0 Å². The van der Waals surface area contributed by atoms with Gasteiger partial charge in [0, 0.05) is 31.9 Å². The van der Waals surface area contributed by atoms with Crippen LogP contribution in [-0.2, 0) is 0 Å². The number of nitrogens with zero attached hydrogens (tertiary/aromatic N) is 5. The molecule has 0 unspecified atom stereocenters. The van der Waals surface area contributed by atoms with Gasteiger partial charge in [0.2, 0.25) is 0 Å². The van der Waals surface area contributed by atoms with Crippen molar-refractivity contribution in [3.8, 4) is 5.75 Å². The molecule has 1 fully saturated rings. The number of nitrogens with one attached hydrogen (secondary N) is 1. The number of benzene rings is 2. The normalized spacial score (nSPS) is 14.0.